The van der Waals surface area contributed by atoms with Gasteiger partial charge in [-0.15, -0.1) is 0 Å². The first-order valence-electron chi connectivity index (χ1n) is 6.42. The van der Waals surface area contributed by atoms with Gasteiger partial charge >= 0.3 is 0 Å². The van der Waals surface area contributed by atoms with Crippen molar-refractivity contribution < 1.29 is 4.79 Å². The summed E-state index contributed by atoms with van der Waals surface area (Å²) in [6, 6.07) is 7.12. The predicted octanol–water partition coefficient (Wildman–Crippen LogP) is 2.59. The molecule has 2 aromatic rings. The van der Waals surface area contributed by atoms with Crippen LogP contribution < -0.4 is 11.1 Å². The van der Waals surface area contributed by atoms with Crippen LogP contribution in [0.15, 0.2) is 36.7 Å². The highest BCUT2D eigenvalue weighted by molar-refractivity contribution is 7.80. The standard InChI is InChI=1S/C14H15ClN4OS/c15-11-8-17-19(9-11)7-1-2-13(20)18-12-5-3-10(4-6-12)14(16)21/h3-6,8-9H,1-2,7H2,(H2,16,21)(H,18,20). The predicted molar refractivity (Wildman–Crippen MR) is 87.4 cm³/mol. The summed E-state index contributed by atoms with van der Waals surface area (Å²) >= 11 is 10.6. The molecule has 0 saturated heterocycles. The molecule has 0 radical (unpaired) electrons. The molecule has 0 bridgehead atoms. The van der Waals surface area contributed by atoms with Crippen molar-refractivity contribution in [2.45, 2.75) is 19.4 Å². The lowest BCUT2D eigenvalue weighted by Gasteiger charge is -2.06. The number of amides is 1. The summed E-state index contributed by atoms with van der Waals surface area (Å²) in [5.41, 5.74) is 7.01. The number of carbonyl (C=O) groups excluding carboxylic acids is 1. The molecular formula is C14H15ClN4OS. The van der Waals surface area contributed by atoms with Crippen LogP contribution in [-0.4, -0.2) is 20.7 Å². The average Bonchev–Trinajstić information content (AvgIpc) is 2.85. The van der Waals surface area contributed by atoms with Crippen LogP contribution in [0, 0.1) is 0 Å². The largest absolute Gasteiger partial charge is 0.389 e. The highest BCUT2D eigenvalue weighted by atomic mass is 35.5. The summed E-state index contributed by atoms with van der Waals surface area (Å²) in [7, 11) is 0. The fourth-order valence-corrected chi connectivity index (χ4v) is 2.10. The molecule has 0 saturated carbocycles. The number of carbonyl (C=O) groups is 1. The van der Waals surface area contributed by atoms with Gasteiger partial charge in [-0.2, -0.15) is 5.10 Å². The monoisotopic (exact) mass is 322 g/mol. The summed E-state index contributed by atoms with van der Waals surface area (Å²) in [5, 5.41) is 7.47. The van der Waals surface area contributed by atoms with E-state index < -0.39 is 0 Å². The van der Waals surface area contributed by atoms with Crippen LogP contribution in [0.5, 0.6) is 0 Å². The number of nitrogens with two attached hydrogens (primary N) is 1. The van der Waals surface area contributed by atoms with Crippen LogP contribution in [0.3, 0.4) is 0 Å². The average molecular weight is 323 g/mol. The second kappa shape index (κ2) is 7.19. The van der Waals surface area contributed by atoms with E-state index in [9.17, 15) is 4.79 Å². The van der Waals surface area contributed by atoms with Gasteiger partial charge in [0.2, 0.25) is 5.91 Å². The maximum absolute atomic E-state index is 11.8. The van der Waals surface area contributed by atoms with E-state index in [-0.39, 0.29) is 5.91 Å². The summed E-state index contributed by atoms with van der Waals surface area (Å²) < 4.78 is 1.71. The van der Waals surface area contributed by atoms with Gasteiger partial charge in [0, 0.05) is 30.4 Å². The van der Waals surface area contributed by atoms with Crippen molar-refractivity contribution in [1.82, 2.24) is 9.78 Å². The number of halogens is 1. The van der Waals surface area contributed by atoms with Crippen LogP contribution in [0.2, 0.25) is 5.02 Å². The van der Waals surface area contributed by atoms with Crippen molar-refractivity contribution in [2.24, 2.45) is 5.73 Å². The number of anilines is 1. The molecule has 1 heterocycles. The maximum atomic E-state index is 11.8. The number of nitrogens with one attached hydrogen (secondary N) is 1. The van der Waals surface area contributed by atoms with Gasteiger partial charge < -0.3 is 11.1 Å². The minimum Gasteiger partial charge on any atom is -0.389 e. The second-order valence-electron chi connectivity index (χ2n) is 4.51. The number of aromatic nitrogens is 2. The third-order valence-corrected chi connectivity index (χ3v) is 3.28. The van der Waals surface area contributed by atoms with E-state index in [1.54, 1.807) is 41.3 Å². The molecule has 1 aromatic carbocycles. The van der Waals surface area contributed by atoms with Crippen LogP contribution in [0.4, 0.5) is 5.69 Å². The van der Waals surface area contributed by atoms with Gasteiger partial charge in [0.05, 0.1) is 11.2 Å². The van der Waals surface area contributed by atoms with Gasteiger partial charge in [0.15, 0.2) is 0 Å². The lowest BCUT2D eigenvalue weighted by Crippen LogP contribution is -2.13. The molecule has 0 fully saturated rings. The highest BCUT2D eigenvalue weighted by Gasteiger charge is 2.04. The topological polar surface area (TPSA) is 72.9 Å². The van der Waals surface area contributed by atoms with Crippen molar-refractivity contribution in [3.8, 4) is 0 Å². The zero-order chi connectivity index (χ0) is 15.2. The summed E-state index contributed by atoms with van der Waals surface area (Å²) in [6.45, 7) is 0.653. The molecule has 0 spiro atoms. The first kappa shape index (κ1) is 15.5. The smallest absolute Gasteiger partial charge is 0.224 e. The van der Waals surface area contributed by atoms with Gasteiger partial charge in [-0.05, 0) is 30.7 Å². The lowest BCUT2D eigenvalue weighted by atomic mass is 10.2. The van der Waals surface area contributed by atoms with Crippen LogP contribution in [-0.2, 0) is 11.3 Å². The van der Waals surface area contributed by atoms with Crippen LogP contribution >= 0.6 is 23.8 Å². The van der Waals surface area contributed by atoms with Crippen molar-refractivity contribution in [3.63, 3.8) is 0 Å². The minimum atomic E-state index is -0.0451. The third-order valence-electron chi connectivity index (χ3n) is 2.85. The van der Waals surface area contributed by atoms with E-state index >= 15 is 0 Å². The molecule has 0 aliphatic carbocycles. The normalized spacial score (nSPS) is 10.3. The molecule has 5 nitrogen and oxygen atoms in total. The van der Waals surface area contributed by atoms with E-state index in [0.717, 1.165) is 11.3 Å². The number of hydrogen-bond acceptors (Lipinski definition) is 3. The molecule has 1 aromatic heterocycles. The molecule has 0 aliphatic heterocycles. The Morgan fingerprint density at radius 1 is 1.38 bits per heavy atom. The molecule has 0 aliphatic rings. The molecule has 0 atom stereocenters. The van der Waals surface area contributed by atoms with Gasteiger partial charge in [-0.1, -0.05) is 23.8 Å². The number of hydrogen-bond donors (Lipinski definition) is 2. The fraction of sp³-hybridized carbons (Fsp3) is 0.214. The van der Waals surface area contributed by atoms with Gasteiger partial charge in [0.1, 0.15) is 4.99 Å². The minimum absolute atomic E-state index is 0.0451. The highest BCUT2D eigenvalue weighted by Crippen LogP contribution is 2.11. The van der Waals surface area contributed by atoms with Crippen molar-refractivity contribution in [1.29, 1.82) is 0 Å². The van der Waals surface area contributed by atoms with Gasteiger partial charge in [0.25, 0.3) is 0 Å². The number of benzene rings is 1. The molecule has 0 unspecified atom stereocenters. The Kier molecular flexibility index (Phi) is 5.30. The zero-order valence-electron chi connectivity index (χ0n) is 11.3. The molecule has 7 heteroatoms. The molecule has 21 heavy (non-hydrogen) atoms. The van der Waals surface area contributed by atoms with E-state index in [1.165, 1.54) is 0 Å². The van der Waals surface area contributed by atoms with Crippen molar-refractivity contribution >= 4 is 40.4 Å². The molecule has 2 rings (SSSR count). The second-order valence-corrected chi connectivity index (χ2v) is 5.39. The van der Waals surface area contributed by atoms with Gasteiger partial charge in [-0.3, -0.25) is 9.48 Å². The number of nitrogens with zero attached hydrogens (tertiary/aromatic N) is 2. The van der Waals surface area contributed by atoms with Crippen molar-refractivity contribution in [2.75, 3.05) is 5.32 Å². The van der Waals surface area contributed by atoms with Crippen LogP contribution in [0.25, 0.3) is 0 Å². The Morgan fingerprint density at radius 2 is 2.10 bits per heavy atom. The first-order chi connectivity index (χ1) is 10.0. The Bertz CT molecular complexity index is 639. The Balaban J connectivity index is 1.77. The summed E-state index contributed by atoms with van der Waals surface area (Å²) in [4.78, 5) is 12.1. The maximum Gasteiger partial charge on any atom is 0.224 e. The SMILES string of the molecule is NC(=S)c1ccc(NC(=O)CCCn2cc(Cl)cn2)cc1. The molecule has 1 amide bonds. The molecular weight excluding hydrogens is 308 g/mol. The first-order valence-corrected chi connectivity index (χ1v) is 7.21. The quantitative estimate of drug-likeness (QED) is 0.802. The molecule has 3 N–H and O–H groups in total. The van der Waals surface area contributed by atoms with E-state index in [1.807, 2.05) is 0 Å². The summed E-state index contributed by atoms with van der Waals surface area (Å²) in [6.07, 6.45) is 4.41. The van der Waals surface area contributed by atoms with Crippen LogP contribution in [0.1, 0.15) is 18.4 Å². The van der Waals surface area contributed by atoms with E-state index in [0.29, 0.717) is 29.4 Å². The fourth-order valence-electron chi connectivity index (χ4n) is 1.80. The van der Waals surface area contributed by atoms with E-state index in [4.69, 9.17) is 29.6 Å². The summed E-state index contributed by atoms with van der Waals surface area (Å²) in [5.74, 6) is -0.0451. The Morgan fingerprint density at radius 3 is 2.67 bits per heavy atom. The van der Waals surface area contributed by atoms with Gasteiger partial charge in [-0.25, -0.2) is 0 Å². The third kappa shape index (κ3) is 4.84. The number of thiocarbonyl (C=S) groups is 1. The lowest BCUT2D eigenvalue weighted by molar-refractivity contribution is -0.116. The number of rotatable bonds is 6. The van der Waals surface area contributed by atoms with Crippen molar-refractivity contribution in [3.05, 3.63) is 47.2 Å². The van der Waals surface area contributed by atoms with E-state index in [2.05, 4.69) is 10.4 Å². The zero-order valence-corrected chi connectivity index (χ0v) is 12.8. The Labute approximate surface area is 133 Å². The Hall–Kier alpha value is -1.92. The number of aryl methyl sites for hydroxylation is 1. The molecule has 110 valence electrons.